The molecule has 0 aromatic heterocycles. The van der Waals surface area contributed by atoms with E-state index in [0.29, 0.717) is 32.2 Å². The van der Waals surface area contributed by atoms with Crippen molar-refractivity contribution in [2.24, 2.45) is 5.41 Å². The number of amides is 2. The molecule has 0 spiro atoms. The van der Waals surface area contributed by atoms with Crippen molar-refractivity contribution < 1.29 is 24.2 Å². The summed E-state index contributed by atoms with van der Waals surface area (Å²) in [6.45, 7) is 6.11. The van der Waals surface area contributed by atoms with Crippen molar-refractivity contribution in [3.63, 3.8) is 0 Å². The van der Waals surface area contributed by atoms with Gasteiger partial charge >= 0.3 is 12.1 Å². The molecule has 1 atom stereocenters. The Balaban J connectivity index is 1.43. The Morgan fingerprint density at radius 2 is 1.63 bits per heavy atom. The molecule has 4 rings (SSSR count). The van der Waals surface area contributed by atoms with Crippen molar-refractivity contribution in [3.8, 4) is 11.1 Å². The van der Waals surface area contributed by atoms with E-state index in [2.05, 4.69) is 29.6 Å². The minimum absolute atomic E-state index is 0.0437. The van der Waals surface area contributed by atoms with Crippen LogP contribution in [0.2, 0.25) is 0 Å². The smallest absolute Gasteiger partial charge is 0.407 e. The number of nitrogens with one attached hydrogen (secondary N) is 1. The molecular weight excluding hydrogens is 444 g/mol. The molecule has 1 saturated heterocycles. The zero-order valence-corrected chi connectivity index (χ0v) is 20.7. The number of likely N-dealkylation sites (tertiary alicyclic amines) is 1. The van der Waals surface area contributed by atoms with Gasteiger partial charge in [0.15, 0.2) is 0 Å². The molecule has 2 aromatic carbocycles. The van der Waals surface area contributed by atoms with E-state index in [9.17, 15) is 19.5 Å². The van der Waals surface area contributed by atoms with Crippen LogP contribution in [0.5, 0.6) is 0 Å². The molecule has 186 valence electrons. The van der Waals surface area contributed by atoms with Crippen LogP contribution in [0.1, 0.15) is 63.5 Å². The standard InChI is InChI=1S/C28H34N2O5/c1-4-28(5-2,24(31)30-16-10-15-27(30,3)25(32)33)18-29-26(34)35-17-23-21-13-8-6-11-19(21)20-12-7-9-14-22(20)23/h6-9,11-14,23H,4-5,10,15-18H2,1-3H3,(H,29,34)(H,32,33)/t27-/m0/s1. The number of hydrogen-bond donors (Lipinski definition) is 2. The highest BCUT2D eigenvalue weighted by Gasteiger charge is 2.51. The van der Waals surface area contributed by atoms with Gasteiger partial charge in [0.2, 0.25) is 5.91 Å². The van der Waals surface area contributed by atoms with Crippen LogP contribution in [0.4, 0.5) is 4.79 Å². The Morgan fingerprint density at radius 1 is 1.06 bits per heavy atom. The van der Waals surface area contributed by atoms with E-state index in [4.69, 9.17) is 4.74 Å². The Hall–Kier alpha value is -3.35. The average Bonchev–Trinajstić information content (AvgIpc) is 3.42. The van der Waals surface area contributed by atoms with Crippen LogP contribution in [0, 0.1) is 5.41 Å². The summed E-state index contributed by atoms with van der Waals surface area (Å²) in [6, 6.07) is 16.3. The van der Waals surface area contributed by atoms with Crippen molar-refractivity contribution in [3.05, 3.63) is 59.7 Å². The van der Waals surface area contributed by atoms with Crippen molar-refractivity contribution in [2.45, 2.75) is 57.9 Å². The molecule has 2 aromatic rings. The minimum atomic E-state index is -1.21. The maximum atomic E-state index is 13.6. The average molecular weight is 479 g/mol. The van der Waals surface area contributed by atoms with Crippen LogP contribution >= 0.6 is 0 Å². The fourth-order valence-corrected chi connectivity index (χ4v) is 5.57. The molecule has 1 aliphatic heterocycles. The topological polar surface area (TPSA) is 95.9 Å². The molecule has 0 radical (unpaired) electrons. The van der Waals surface area contributed by atoms with Crippen molar-refractivity contribution >= 4 is 18.0 Å². The lowest BCUT2D eigenvalue weighted by Crippen LogP contribution is -2.57. The van der Waals surface area contributed by atoms with Crippen LogP contribution in [0.25, 0.3) is 11.1 Å². The van der Waals surface area contributed by atoms with E-state index < -0.39 is 23.0 Å². The number of benzene rings is 2. The highest BCUT2D eigenvalue weighted by Crippen LogP contribution is 2.44. The van der Waals surface area contributed by atoms with Gasteiger partial charge in [-0.15, -0.1) is 0 Å². The molecule has 1 heterocycles. The molecule has 1 aliphatic carbocycles. The van der Waals surface area contributed by atoms with Crippen LogP contribution in [0.15, 0.2) is 48.5 Å². The number of aliphatic carboxylic acids is 1. The van der Waals surface area contributed by atoms with Gasteiger partial charge in [-0.3, -0.25) is 4.79 Å². The largest absolute Gasteiger partial charge is 0.480 e. The highest BCUT2D eigenvalue weighted by molar-refractivity contribution is 5.91. The normalized spacial score (nSPS) is 19.2. The Morgan fingerprint density at radius 3 is 2.17 bits per heavy atom. The summed E-state index contributed by atoms with van der Waals surface area (Å²) < 4.78 is 5.64. The van der Waals surface area contributed by atoms with Crippen LogP contribution in [-0.2, 0) is 14.3 Å². The van der Waals surface area contributed by atoms with Crippen molar-refractivity contribution in [2.75, 3.05) is 19.7 Å². The molecule has 1 fully saturated rings. The first-order valence-electron chi connectivity index (χ1n) is 12.4. The Labute approximate surface area is 206 Å². The quantitative estimate of drug-likeness (QED) is 0.568. The first-order valence-corrected chi connectivity index (χ1v) is 12.4. The number of alkyl carbamates (subject to hydrolysis) is 1. The monoisotopic (exact) mass is 478 g/mol. The highest BCUT2D eigenvalue weighted by atomic mass is 16.5. The van der Waals surface area contributed by atoms with Gasteiger partial charge in [0.25, 0.3) is 0 Å². The van der Waals surface area contributed by atoms with Gasteiger partial charge in [0, 0.05) is 19.0 Å². The summed E-state index contributed by atoms with van der Waals surface area (Å²) in [4.78, 5) is 39.7. The number of carboxylic acids is 1. The van der Waals surface area contributed by atoms with Crippen molar-refractivity contribution in [1.29, 1.82) is 0 Å². The maximum Gasteiger partial charge on any atom is 0.407 e. The first-order chi connectivity index (χ1) is 16.8. The summed E-state index contributed by atoms with van der Waals surface area (Å²) in [5, 5.41) is 12.6. The number of carboxylic acid groups (broad SMARTS) is 1. The minimum Gasteiger partial charge on any atom is -0.480 e. The second kappa shape index (κ2) is 9.72. The maximum absolute atomic E-state index is 13.6. The zero-order chi connectivity index (χ0) is 25.2. The number of rotatable bonds is 8. The van der Waals surface area contributed by atoms with Crippen LogP contribution < -0.4 is 5.32 Å². The Kier molecular flexibility index (Phi) is 6.88. The lowest BCUT2D eigenvalue weighted by atomic mass is 9.79. The van der Waals surface area contributed by atoms with E-state index in [1.807, 2.05) is 38.1 Å². The molecule has 35 heavy (non-hydrogen) atoms. The lowest BCUT2D eigenvalue weighted by Gasteiger charge is -2.40. The van der Waals surface area contributed by atoms with E-state index in [1.165, 1.54) is 4.90 Å². The van der Waals surface area contributed by atoms with Gasteiger partial charge in [0.1, 0.15) is 12.1 Å². The number of carbonyl (C=O) groups excluding carboxylic acids is 2. The number of carbonyl (C=O) groups is 3. The number of nitrogens with zero attached hydrogens (tertiary/aromatic N) is 1. The second-order valence-corrected chi connectivity index (χ2v) is 9.81. The summed E-state index contributed by atoms with van der Waals surface area (Å²) in [5.74, 6) is -1.25. The fraction of sp³-hybridized carbons (Fsp3) is 0.464. The van der Waals surface area contributed by atoms with Crippen LogP contribution in [-0.4, -0.2) is 53.2 Å². The molecule has 0 bridgehead atoms. The van der Waals surface area contributed by atoms with Crippen LogP contribution in [0.3, 0.4) is 0 Å². The molecule has 2 aliphatic rings. The fourth-order valence-electron chi connectivity index (χ4n) is 5.57. The summed E-state index contributed by atoms with van der Waals surface area (Å²) in [6.07, 6.45) is 1.47. The molecule has 2 amide bonds. The molecule has 0 unspecified atom stereocenters. The van der Waals surface area contributed by atoms with Gasteiger partial charge in [-0.2, -0.15) is 0 Å². The number of fused-ring (bicyclic) bond motifs is 3. The second-order valence-electron chi connectivity index (χ2n) is 9.81. The van der Waals surface area contributed by atoms with E-state index >= 15 is 0 Å². The molecule has 7 heteroatoms. The van der Waals surface area contributed by atoms with E-state index in [1.54, 1.807) is 6.92 Å². The van der Waals surface area contributed by atoms with Gasteiger partial charge in [-0.25, -0.2) is 9.59 Å². The van der Waals surface area contributed by atoms with Gasteiger partial charge in [0.05, 0.1) is 5.41 Å². The van der Waals surface area contributed by atoms with E-state index in [-0.39, 0.29) is 25.0 Å². The zero-order valence-electron chi connectivity index (χ0n) is 20.7. The Bertz CT molecular complexity index is 1080. The predicted octanol–water partition coefficient (Wildman–Crippen LogP) is 4.80. The van der Waals surface area contributed by atoms with E-state index in [0.717, 1.165) is 22.3 Å². The molecule has 7 nitrogen and oxygen atoms in total. The third-order valence-corrected chi connectivity index (χ3v) is 8.07. The first kappa shape index (κ1) is 24.8. The molecule has 2 N–H and O–H groups in total. The molecular formula is C28H34N2O5. The number of ether oxygens (including phenoxy) is 1. The molecule has 0 saturated carbocycles. The van der Waals surface area contributed by atoms with Gasteiger partial charge in [-0.05, 0) is 54.9 Å². The summed E-state index contributed by atoms with van der Waals surface area (Å²) >= 11 is 0. The van der Waals surface area contributed by atoms with Gasteiger partial charge < -0.3 is 20.1 Å². The lowest BCUT2D eigenvalue weighted by molar-refractivity contribution is -0.160. The number of hydrogen-bond acceptors (Lipinski definition) is 4. The van der Waals surface area contributed by atoms with Gasteiger partial charge in [-0.1, -0.05) is 62.4 Å². The summed E-state index contributed by atoms with van der Waals surface area (Å²) in [7, 11) is 0. The summed E-state index contributed by atoms with van der Waals surface area (Å²) in [5.41, 5.74) is 2.49. The van der Waals surface area contributed by atoms with Crippen molar-refractivity contribution in [1.82, 2.24) is 10.2 Å². The predicted molar refractivity (Wildman–Crippen MR) is 133 cm³/mol. The third-order valence-electron chi connectivity index (χ3n) is 8.07. The SMILES string of the molecule is CCC(CC)(CNC(=O)OCC1c2ccccc2-c2ccccc21)C(=O)N1CCC[C@@]1(C)C(=O)O. The third kappa shape index (κ3) is 4.28.